The highest BCUT2D eigenvalue weighted by atomic mass is 32.2. The SMILES string of the molecule is CSc1ccc(-c2csc(NC(=O)CCNS(=O)(=O)c3ccccc3)n2)cc1. The Bertz CT molecular complexity index is 1030. The molecular weight excluding hydrogens is 414 g/mol. The molecule has 6 nitrogen and oxygen atoms in total. The van der Waals surface area contributed by atoms with Gasteiger partial charge in [0.15, 0.2) is 5.13 Å². The fourth-order valence-electron chi connectivity index (χ4n) is 2.39. The van der Waals surface area contributed by atoms with Crippen LogP contribution in [0.2, 0.25) is 0 Å². The molecule has 146 valence electrons. The summed E-state index contributed by atoms with van der Waals surface area (Å²) in [7, 11) is -3.61. The Morgan fingerprint density at radius 2 is 1.82 bits per heavy atom. The average molecular weight is 434 g/mol. The number of nitrogens with zero attached hydrogens (tertiary/aromatic N) is 1. The lowest BCUT2D eigenvalue weighted by atomic mass is 10.2. The number of thioether (sulfide) groups is 1. The molecule has 0 saturated carbocycles. The van der Waals surface area contributed by atoms with Crippen molar-refractivity contribution in [2.24, 2.45) is 0 Å². The first-order chi connectivity index (χ1) is 13.5. The summed E-state index contributed by atoms with van der Waals surface area (Å²) in [4.78, 5) is 17.8. The lowest BCUT2D eigenvalue weighted by Gasteiger charge is -2.06. The van der Waals surface area contributed by atoms with Gasteiger partial charge in [-0.15, -0.1) is 23.1 Å². The van der Waals surface area contributed by atoms with Crippen LogP contribution in [-0.2, 0) is 14.8 Å². The zero-order valence-corrected chi connectivity index (χ0v) is 17.5. The zero-order valence-electron chi connectivity index (χ0n) is 15.1. The van der Waals surface area contributed by atoms with Crippen molar-refractivity contribution in [3.05, 3.63) is 60.0 Å². The summed E-state index contributed by atoms with van der Waals surface area (Å²) in [5.41, 5.74) is 1.77. The average Bonchev–Trinajstić information content (AvgIpc) is 3.17. The van der Waals surface area contributed by atoms with Gasteiger partial charge in [0.1, 0.15) is 0 Å². The standard InChI is InChI=1S/C19H19N3O3S3/c1-26-15-9-7-14(8-10-15)17-13-27-19(21-17)22-18(23)11-12-20-28(24,25)16-5-3-2-4-6-16/h2-10,13,20H,11-12H2,1H3,(H,21,22,23). The van der Waals surface area contributed by atoms with E-state index >= 15 is 0 Å². The lowest BCUT2D eigenvalue weighted by molar-refractivity contribution is -0.116. The Kier molecular flexibility index (Phi) is 6.84. The van der Waals surface area contributed by atoms with Crippen LogP contribution in [0.4, 0.5) is 5.13 Å². The van der Waals surface area contributed by atoms with Crippen molar-refractivity contribution >= 4 is 44.2 Å². The topological polar surface area (TPSA) is 88.2 Å². The van der Waals surface area contributed by atoms with E-state index in [9.17, 15) is 13.2 Å². The van der Waals surface area contributed by atoms with Gasteiger partial charge >= 0.3 is 0 Å². The summed E-state index contributed by atoms with van der Waals surface area (Å²) in [6.45, 7) is 0.0113. The summed E-state index contributed by atoms with van der Waals surface area (Å²) in [5.74, 6) is -0.297. The van der Waals surface area contributed by atoms with Crippen LogP contribution in [0.1, 0.15) is 6.42 Å². The number of thiazole rings is 1. The Morgan fingerprint density at radius 3 is 2.50 bits per heavy atom. The number of rotatable bonds is 8. The molecule has 0 unspecified atom stereocenters. The van der Waals surface area contributed by atoms with E-state index in [-0.39, 0.29) is 23.8 Å². The van der Waals surface area contributed by atoms with Gasteiger partial charge in [0.25, 0.3) is 0 Å². The minimum atomic E-state index is -3.61. The molecular formula is C19H19N3O3S3. The molecule has 1 aromatic heterocycles. The van der Waals surface area contributed by atoms with Gasteiger partial charge in [0.05, 0.1) is 10.6 Å². The van der Waals surface area contributed by atoms with Crippen molar-refractivity contribution < 1.29 is 13.2 Å². The van der Waals surface area contributed by atoms with E-state index < -0.39 is 10.0 Å². The third kappa shape index (κ3) is 5.41. The van der Waals surface area contributed by atoms with Gasteiger partial charge in [-0.25, -0.2) is 18.1 Å². The lowest BCUT2D eigenvalue weighted by Crippen LogP contribution is -2.27. The number of carbonyl (C=O) groups is 1. The van der Waals surface area contributed by atoms with Gasteiger partial charge in [0.2, 0.25) is 15.9 Å². The molecule has 0 aliphatic carbocycles. The van der Waals surface area contributed by atoms with Crippen molar-refractivity contribution in [3.8, 4) is 11.3 Å². The summed E-state index contributed by atoms with van der Waals surface area (Å²) < 4.78 is 26.7. The van der Waals surface area contributed by atoms with Crippen LogP contribution in [-0.4, -0.2) is 32.1 Å². The molecule has 0 radical (unpaired) electrons. The second kappa shape index (κ2) is 9.33. The molecule has 0 fully saturated rings. The molecule has 0 aliphatic heterocycles. The molecule has 2 N–H and O–H groups in total. The van der Waals surface area contributed by atoms with Crippen molar-refractivity contribution in [2.45, 2.75) is 16.2 Å². The van der Waals surface area contributed by atoms with E-state index in [1.54, 1.807) is 30.0 Å². The maximum atomic E-state index is 12.1. The van der Waals surface area contributed by atoms with Crippen LogP contribution >= 0.6 is 23.1 Å². The maximum Gasteiger partial charge on any atom is 0.240 e. The van der Waals surface area contributed by atoms with Crippen LogP contribution < -0.4 is 10.0 Å². The van der Waals surface area contributed by atoms with E-state index in [1.807, 2.05) is 35.9 Å². The highest BCUT2D eigenvalue weighted by Gasteiger charge is 2.14. The number of hydrogen-bond acceptors (Lipinski definition) is 6. The van der Waals surface area contributed by atoms with Crippen molar-refractivity contribution in [3.63, 3.8) is 0 Å². The zero-order chi connectivity index (χ0) is 20.0. The third-order valence-electron chi connectivity index (χ3n) is 3.83. The van der Waals surface area contributed by atoms with Gasteiger partial charge in [-0.05, 0) is 30.5 Å². The van der Waals surface area contributed by atoms with E-state index in [4.69, 9.17) is 0 Å². The Balaban J connectivity index is 1.52. The molecule has 28 heavy (non-hydrogen) atoms. The Hall–Kier alpha value is -2.20. The highest BCUT2D eigenvalue weighted by Crippen LogP contribution is 2.26. The van der Waals surface area contributed by atoms with Crippen LogP contribution in [0.15, 0.2) is 69.8 Å². The molecule has 1 heterocycles. The minimum Gasteiger partial charge on any atom is -0.302 e. The van der Waals surface area contributed by atoms with E-state index in [2.05, 4.69) is 15.0 Å². The van der Waals surface area contributed by atoms with Gasteiger partial charge in [-0.3, -0.25) is 4.79 Å². The van der Waals surface area contributed by atoms with Crippen LogP contribution in [0, 0.1) is 0 Å². The predicted molar refractivity (Wildman–Crippen MR) is 114 cm³/mol. The first-order valence-corrected chi connectivity index (χ1v) is 12.0. The van der Waals surface area contributed by atoms with Crippen LogP contribution in [0.3, 0.4) is 0 Å². The summed E-state index contributed by atoms with van der Waals surface area (Å²) in [5, 5.41) is 5.07. The predicted octanol–water partition coefficient (Wildman–Crippen LogP) is 3.84. The third-order valence-corrected chi connectivity index (χ3v) is 6.81. The first-order valence-electron chi connectivity index (χ1n) is 8.42. The van der Waals surface area contributed by atoms with Crippen molar-refractivity contribution in [1.29, 1.82) is 0 Å². The molecule has 0 bridgehead atoms. The van der Waals surface area contributed by atoms with E-state index in [0.717, 1.165) is 11.3 Å². The van der Waals surface area contributed by atoms with Crippen molar-refractivity contribution in [2.75, 3.05) is 18.1 Å². The number of carbonyl (C=O) groups excluding carboxylic acids is 1. The summed E-state index contributed by atoms with van der Waals surface area (Å²) in [6.07, 6.45) is 2.04. The number of nitrogens with one attached hydrogen (secondary N) is 2. The second-order valence-electron chi connectivity index (χ2n) is 5.78. The van der Waals surface area contributed by atoms with Crippen LogP contribution in [0.5, 0.6) is 0 Å². The fraction of sp³-hybridized carbons (Fsp3) is 0.158. The molecule has 3 rings (SSSR count). The summed E-state index contributed by atoms with van der Waals surface area (Å²) >= 11 is 3.00. The molecule has 3 aromatic rings. The first kappa shape index (κ1) is 20.5. The van der Waals surface area contributed by atoms with Crippen LogP contribution in [0.25, 0.3) is 11.3 Å². The molecule has 0 atom stereocenters. The molecule has 0 saturated heterocycles. The number of sulfonamides is 1. The van der Waals surface area contributed by atoms with Gasteiger partial charge in [-0.1, -0.05) is 30.3 Å². The number of aromatic nitrogens is 1. The minimum absolute atomic E-state index is 0.0113. The normalized spacial score (nSPS) is 11.3. The smallest absolute Gasteiger partial charge is 0.240 e. The molecule has 0 aliphatic rings. The van der Waals surface area contributed by atoms with Gasteiger partial charge < -0.3 is 5.32 Å². The van der Waals surface area contributed by atoms with E-state index in [1.165, 1.54) is 28.4 Å². The van der Waals surface area contributed by atoms with E-state index in [0.29, 0.717) is 5.13 Å². The summed E-state index contributed by atoms with van der Waals surface area (Å²) in [6, 6.07) is 16.1. The number of benzene rings is 2. The van der Waals surface area contributed by atoms with Crippen molar-refractivity contribution in [1.82, 2.24) is 9.71 Å². The molecule has 0 spiro atoms. The maximum absolute atomic E-state index is 12.1. The fourth-order valence-corrected chi connectivity index (χ4v) is 4.59. The largest absolute Gasteiger partial charge is 0.302 e. The monoisotopic (exact) mass is 433 g/mol. The highest BCUT2D eigenvalue weighted by molar-refractivity contribution is 7.98. The van der Waals surface area contributed by atoms with Gasteiger partial charge in [0, 0.05) is 28.8 Å². The molecule has 2 aromatic carbocycles. The second-order valence-corrected chi connectivity index (χ2v) is 9.28. The molecule has 1 amide bonds. The quantitative estimate of drug-likeness (QED) is 0.527. The molecule has 9 heteroatoms. The number of anilines is 1. The van der Waals surface area contributed by atoms with Gasteiger partial charge in [-0.2, -0.15) is 0 Å². The number of hydrogen-bond donors (Lipinski definition) is 2. The Labute approximate surface area is 172 Å². The number of amides is 1. The Morgan fingerprint density at radius 1 is 1.11 bits per heavy atom.